The maximum atomic E-state index is 11.8. The number of unbranched alkanes of at least 4 members (excludes halogenated alkanes) is 7. The van der Waals surface area contributed by atoms with E-state index in [-0.39, 0.29) is 19.3 Å². The molecule has 1 N–H and O–H groups in total. The van der Waals surface area contributed by atoms with Crippen molar-refractivity contribution in [2.75, 3.05) is 19.8 Å². The third kappa shape index (κ3) is 11.6. The van der Waals surface area contributed by atoms with Crippen molar-refractivity contribution in [3.05, 3.63) is 12.3 Å². The van der Waals surface area contributed by atoms with Gasteiger partial charge in [0, 0.05) is 25.1 Å². The topological polar surface area (TPSA) is 76.1 Å². The molecule has 1 heterocycles. The molecule has 0 radical (unpaired) electrons. The van der Waals surface area contributed by atoms with Gasteiger partial charge in [0.05, 0.1) is 19.3 Å². The Balaban J connectivity index is 2.16. The molecule has 0 aromatic heterocycles. The highest BCUT2D eigenvalue weighted by atomic mass is 31.2. The lowest BCUT2D eigenvalue weighted by Crippen LogP contribution is -2.32. The summed E-state index contributed by atoms with van der Waals surface area (Å²) in [6, 6.07) is 0.0908. The Morgan fingerprint density at radius 3 is 2.23 bits per heavy atom. The first-order valence-corrected chi connectivity index (χ1v) is 13.4. The fraction of sp³-hybridized carbons (Fsp3) is 0.870. The van der Waals surface area contributed by atoms with Crippen LogP contribution in [0.15, 0.2) is 12.3 Å². The van der Waals surface area contributed by atoms with Crippen LogP contribution < -0.4 is 0 Å². The first-order chi connectivity index (χ1) is 14.3. The van der Waals surface area contributed by atoms with Crippen LogP contribution in [0.25, 0.3) is 0 Å². The molecule has 1 rings (SSSR count). The van der Waals surface area contributed by atoms with E-state index in [0.717, 1.165) is 44.3 Å². The molecule has 0 amide bonds. The smallest absolute Gasteiger partial charge is 0.370 e. The zero-order chi connectivity index (χ0) is 22.4. The second-order valence-electron chi connectivity index (χ2n) is 8.62. The van der Waals surface area contributed by atoms with Crippen molar-refractivity contribution in [1.29, 1.82) is 0 Å². The van der Waals surface area contributed by atoms with Crippen molar-refractivity contribution in [3.63, 3.8) is 0 Å². The molecule has 1 aliphatic rings. The largest absolute Gasteiger partial charge is 0.472 e. The van der Waals surface area contributed by atoms with E-state index in [1.54, 1.807) is 6.92 Å². The molecular weight excluding hydrogens is 403 g/mol. The average molecular weight is 448 g/mol. The van der Waals surface area contributed by atoms with Crippen LogP contribution in [0.3, 0.4) is 0 Å². The van der Waals surface area contributed by atoms with Crippen molar-refractivity contribution in [1.82, 2.24) is 4.90 Å². The summed E-state index contributed by atoms with van der Waals surface area (Å²) in [5.74, 6) is 0.907. The number of allylic oxidation sites excluding steroid dienone is 1. The summed E-state index contributed by atoms with van der Waals surface area (Å²) in [6.07, 6.45) is 12.9. The molecule has 3 atom stereocenters. The predicted molar refractivity (Wildman–Crippen MR) is 122 cm³/mol. The second kappa shape index (κ2) is 15.2. The van der Waals surface area contributed by atoms with Gasteiger partial charge in [-0.15, -0.1) is 0 Å². The number of carbonyl (C=O) groups is 1. The van der Waals surface area contributed by atoms with Crippen LogP contribution in [0.2, 0.25) is 0 Å². The van der Waals surface area contributed by atoms with Crippen LogP contribution in [-0.4, -0.2) is 41.4 Å². The number of hydrogen-bond acceptors (Lipinski definition) is 5. The summed E-state index contributed by atoms with van der Waals surface area (Å²) in [6.45, 7) is 11.4. The number of likely N-dealkylation sites (tertiary alicyclic amines) is 1. The number of nitrogens with zero attached hydrogens (tertiary/aromatic N) is 1. The maximum Gasteiger partial charge on any atom is 0.472 e. The molecule has 0 bridgehead atoms. The predicted octanol–water partition coefficient (Wildman–Crippen LogP) is 6.24. The molecule has 1 fully saturated rings. The molecule has 176 valence electrons. The highest BCUT2D eigenvalue weighted by Gasteiger charge is 2.32. The molecule has 7 heteroatoms. The second-order valence-corrected chi connectivity index (χ2v) is 10.1. The molecule has 30 heavy (non-hydrogen) atoms. The van der Waals surface area contributed by atoms with Gasteiger partial charge in [0.15, 0.2) is 0 Å². The monoisotopic (exact) mass is 447 g/mol. The van der Waals surface area contributed by atoms with Gasteiger partial charge in [0.25, 0.3) is 0 Å². The van der Waals surface area contributed by atoms with Gasteiger partial charge < -0.3 is 9.79 Å². The van der Waals surface area contributed by atoms with E-state index in [4.69, 9.17) is 9.05 Å². The van der Waals surface area contributed by atoms with Gasteiger partial charge in [-0.05, 0) is 38.5 Å². The summed E-state index contributed by atoms with van der Waals surface area (Å²) < 4.78 is 21.8. The Bertz CT molecular complexity index is 554. The van der Waals surface area contributed by atoms with E-state index in [1.165, 1.54) is 38.5 Å². The zero-order valence-corrected chi connectivity index (χ0v) is 20.3. The van der Waals surface area contributed by atoms with Crippen molar-refractivity contribution in [2.24, 2.45) is 5.92 Å². The van der Waals surface area contributed by atoms with Crippen molar-refractivity contribution in [3.8, 4) is 0 Å². The van der Waals surface area contributed by atoms with E-state index in [1.807, 2.05) is 6.92 Å². The summed E-state index contributed by atoms with van der Waals surface area (Å²) in [5, 5.41) is 0. The van der Waals surface area contributed by atoms with E-state index < -0.39 is 7.82 Å². The first-order valence-electron chi connectivity index (χ1n) is 11.9. The Kier molecular flexibility index (Phi) is 13.8. The lowest BCUT2D eigenvalue weighted by molar-refractivity contribution is -0.118. The van der Waals surface area contributed by atoms with Gasteiger partial charge in [0.1, 0.15) is 5.78 Å². The van der Waals surface area contributed by atoms with E-state index in [9.17, 15) is 14.3 Å². The average Bonchev–Trinajstić information content (AvgIpc) is 3.08. The van der Waals surface area contributed by atoms with Gasteiger partial charge in [-0.25, -0.2) is 4.57 Å². The number of ketones is 1. The minimum Gasteiger partial charge on any atom is -0.370 e. The minimum atomic E-state index is -3.95. The molecule has 0 aliphatic carbocycles. The molecule has 1 unspecified atom stereocenters. The van der Waals surface area contributed by atoms with E-state index in [2.05, 4.69) is 18.4 Å². The lowest BCUT2D eigenvalue weighted by Gasteiger charge is -2.29. The van der Waals surface area contributed by atoms with Crippen molar-refractivity contribution in [2.45, 2.75) is 104 Å². The number of Topliss-reactive ketones (excluding diaryl/α,β-unsaturated/α-hetero) is 1. The zero-order valence-electron chi connectivity index (χ0n) is 19.4. The number of hydrogen-bond donors (Lipinski definition) is 1. The van der Waals surface area contributed by atoms with Crippen LogP contribution in [0.4, 0.5) is 0 Å². The SMILES string of the molecule is C=C(CCCCCCCCCCC(=O)CC)N1C[C@H](C)C[C@H]1C[18O]P(=O)(O)OCC. The third-order valence-corrected chi connectivity index (χ3v) is 6.88. The normalized spacial score (nSPS) is 21.0. The Morgan fingerprint density at radius 2 is 1.67 bits per heavy atom. The van der Waals surface area contributed by atoms with Gasteiger partial charge in [-0.1, -0.05) is 59.0 Å². The van der Waals surface area contributed by atoms with Crippen LogP contribution in [0.5, 0.6) is 0 Å². The summed E-state index contributed by atoms with van der Waals surface area (Å²) >= 11 is 0. The first kappa shape index (κ1) is 27.4. The highest BCUT2D eigenvalue weighted by Crippen LogP contribution is 2.44. The number of phosphoric ester groups is 1. The molecule has 1 saturated heterocycles. The van der Waals surface area contributed by atoms with E-state index in [0.29, 0.717) is 18.1 Å². The Hall–Kier alpha value is -0.680. The fourth-order valence-corrected chi connectivity index (χ4v) is 4.87. The summed E-state index contributed by atoms with van der Waals surface area (Å²) in [4.78, 5) is 23.2. The Labute approximate surface area is 184 Å². The third-order valence-electron chi connectivity index (χ3n) is 5.82. The molecule has 0 aromatic carbocycles. The number of rotatable bonds is 18. The van der Waals surface area contributed by atoms with Gasteiger partial charge in [0.2, 0.25) is 0 Å². The highest BCUT2D eigenvalue weighted by molar-refractivity contribution is 7.47. The van der Waals surface area contributed by atoms with Gasteiger partial charge in [-0.3, -0.25) is 13.8 Å². The van der Waals surface area contributed by atoms with Gasteiger partial charge >= 0.3 is 7.82 Å². The molecule has 6 nitrogen and oxygen atoms in total. The van der Waals surface area contributed by atoms with Crippen LogP contribution in [0, 0.1) is 5.92 Å². The minimum absolute atomic E-state index is 0.0908. The summed E-state index contributed by atoms with van der Waals surface area (Å²) in [7, 11) is -3.95. The molecule has 1 aliphatic heterocycles. The maximum absolute atomic E-state index is 11.8. The van der Waals surface area contributed by atoms with E-state index >= 15 is 0 Å². The van der Waals surface area contributed by atoms with Crippen LogP contribution in [-0.2, 0) is 18.4 Å². The number of phosphoric acid groups is 1. The fourth-order valence-electron chi connectivity index (χ4n) is 4.11. The van der Waals surface area contributed by atoms with Crippen LogP contribution >= 0.6 is 7.82 Å². The lowest BCUT2D eigenvalue weighted by atomic mass is 10.0. The van der Waals surface area contributed by atoms with Gasteiger partial charge in [-0.2, -0.15) is 0 Å². The molecule has 0 spiro atoms. The quantitative estimate of drug-likeness (QED) is 0.152. The molecule has 0 aromatic rings. The Morgan fingerprint density at radius 1 is 1.10 bits per heavy atom. The summed E-state index contributed by atoms with van der Waals surface area (Å²) in [5.41, 5.74) is 1.11. The molecular formula is C23H44NO5P. The van der Waals surface area contributed by atoms with Crippen molar-refractivity contribution >= 4 is 13.6 Å². The number of carbonyl (C=O) groups excluding carboxylic acids is 1. The molecule has 0 saturated carbocycles. The van der Waals surface area contributed by atoms with Crippen LogP contribution in [0.1, 0.15) is 97.8 Å². The standard InChI is InChI=1S/C23H44NO5P/c1-5-23(25)16-14-12-10-8-7-9-11-13-15-21(4)24-18-20(3)17-22(24)19-29-30(26,27)28-6-2/h20,22H,4-19H2,1-3H3,(H,26,27)/t20-,22+/m1/s1/i29+2. The van der Waals surface area contributed by atoms with Crippen molar-refractivity contribution < 1.29 is 23.3 Å².